The van der Waals surface area contributed by atoms with Gasteiger partial charge in [0.05, 0.1) is 0 Å². The molecule has 1 saturated heterocycles. The maximum Gasteiger partial charge on any atom is 0.191 e. The molecule has 2 nitrogen and oxygen atoms in total. The van der Waals surface area contributed by atoms with Gasteiger partial charge in [-0.2, -0.15) is 0 Å². The number of fused-ring (bicyclic) bond motifs is 1. The summed E-state index contributed by atoms with van der Waals surface area (Å²) in [7, 11) is 1.02. The monoisotopic (exact) mass is 150 g/mol. The largest absolute Gasteiger partial charge is 0.487 e. The zero-order valence-electron chi connectivity index (χ0n) is 6.94. The predicted octanol–water partition coefficient (Wildman–Crippen LogP) is 0.946. The van der Waals surface area contributed by atoms with Crippen LogP contribution in [0.4, 0.5) is 0 Å². The van der Waals surface area contributed by atoms with E-state index in [0.29, 0.717) is 13.2 Å². The van der Waals surface area contributed by atoms with Gasteiger partial charge < -0.3 is 9.47 Å². The second-order valence-corrected chi connectivity index (χ2v) is 3.09. The van der Waals surface area contributed by atoms with Crippen LogP contribution in [0.5, 0.6) is 0 Å². The van der Waals surface area contributed by atoms with E-state index in [0.717, 1.165) is 18.8 Å². The van der Waals surface area contributed by atoms with Gasteiger partial charge in [-0.25, -0.2) is 0 Å². The fraction of sp³-hybridized carbons (Fsp3) is 0.500. The fourth-order valence-electron chi connectivity index (χ4n) is 1.61. The van der Waals surface area contributed by atoms with Crippen LogP contribution in [-0.2, 0) is 9.47 Å². The van der Waals surface area contributed by atoms with E-state index in [-0.39, 0.29) is 0 Å². The van der Waals surface area contributed by atoms with E-state index in [1.807, 2.05) is 0 Å². The Morgan fingerprint density at radius 3 is 1.91 bits per heavy atom. The maximum atomic E-state index is 5.48. The molecule has 0 atom stereocenters. The van der Waals surface area contributed by atoms with Gasteiger partial charge in [-0.3, -0.25) is 0 Å². The third-order valence-electron chi connectivity index (χ3n) is 2.09. The fourth-order valence-corrected chi connectivity index (χ4v) is 1.61. The first-order chi connectivity index (χ1) is 5.29. The third kappa shape index (κ3) is 0.952. The molecule has 2 aliphatic rings. The molecule has 0 aromatic carbocycles. The minimum Gasteiger partial charge on any atom is -0.487 e. The van der Waals surface area contributed by atoms with Crippen LogP contribution in [0.2, 0.25) is 0 Å². The molecule has 0 bridgehead atoms. The van der Waals surface area contributed by atoms with E-state index in [2.05, 4.69) is 13.8 Å². The van der Waals surface area contributed by atoms with Crippen molar-refractivity contribution in [2.24, 2.45) is 0 Å². The van der Waals surface area contributed by atoms with Crippen LogP contribution >= 0.6 is 0 Å². The van der Waals surface area contributed by atoms with Gasteiger partial charge in [0.2, 0.25) is 0 Å². The minimum atomic E-state index is 0.698. The van der Waals surface area contributed by atoms with Gasteiger partial charge in [-0.1, -0.05) is 10.9 Å². The number of hydrogen-bond donors (Lipinski definition) is 0. The Kier molecular flexibility index (Phi) is 1.45. The molecule has 0 aromatic rings. The van der Waals surface area contributed by atoms with Gasteiger partial charge in [0, 0.05) is 0 Å². The SMILES string of the molecule is CC1=C2OCCOC2=C(C)B1. The van der Waals surface area contributed by atoms with Gasteiger partial charge in [-0.15, -0.1) is 0 Å². The van der Waals surface area contributed by atoms with Crippen molar-refractivity contribution in [2.45, 2.75) is 13.8 Å². The van der Waals surface area contributed by atoms with Crippen LogP contribution in [0.15, 0.2) is 22.5 Å². The second-order valence-electron chi connectivity index (χ2n) is 3.09. The van der Waals surface area contributed by atoms with Crippen LogP contribution in [0, 0.1) is 0 Å². The lowest BCUT2D eigenvalue weighted by atomic mass is 9.67. The summed E-state index contributed by atoms with van der Waals surface area (Å²) in [4.78, 5) is 0. The molecule has 1 fully saturated rings. The summed E-state index contributed by atoms with van der Waals surface area (Å²) in [6, 6.07) is 0. The van der Waals surface area contributed by atoms with E-state index < -0.39 is 0 Å². The van der Waals surface area contributed by atoms with Gasteiger partial charge in [0.15, 0.2) is 18.8 Å². The molecule has 0 saturated carbocycles. The van der Waals surface area contributed by atoms with Gasteiger partial charge in [0.25, 0.3) is 0 Å². The smallest absolute Gasteiger partial charge is 0.191 e. The Labute approximate surface area is 67.1 Å². The first-order valence-electron chi connectivity index (χ1n) is 3.94. The Morgan fingerprint density at radius 1 is 1.00 bits per heavy atom. The number of allylic oxidation sites excluding steroid dienone is 2. The topological polar surface area (TPSA) is 18.5 Å². The second kappa shape index (κ2) is 2.33. The molecule has 0 aromatic heterocycles. The molecular weight excluding hydrogens is 139 g/mol. The van der Waals surface area contributed by atoms with Crippen LogP contribution in [0.3, 0.4) is 0 Å². The Hall–Kier alpha value is -0.855. The van der Waals surface area contributed by atoms with Crippen molar-refractivity contribution in [3.8, 4) is 0 Å². The summed E-state index contributed by atoms with van der Waals surface area (Å²) in [5.41, 5.74) is 2.61. The standard InChI is InChI=1S/C8H11BO2/c1-5-7-8(6(2)9-5)11-4-3-10-7/h9H,3-4H2,1-2H3. The molecule has 58 valence electrons. The van der Waals surface area contributed by atoms with Crippen molar-refractivity contribution >= 4 is 7.28 Å². The molecule has 0 N–H and O–H groups in total. The normalized spacial score (nSPS) is 22.4. The lowest BCUT2D eigenvalue weighted by Gasteiger charge is -2.20. The van der Waals surface area contributed by atoms with E-state index in [9.17, 15) is 0 Å². The summed E-state index contributed by atoms with van der Waals surface area (Å²) >= 11 is 0. The van der Waals surface area contributed by atoms with E-state index in [4.69, 9.17) is 9.47 Å². The van der Waals surface area contributed by atoms with Crippen molar-refractivity contribution in [2.75, 3.05) is 13.2 Å². The summed E-state index contributed by atoms with van der Waals surface area (Å²) < 4.78 is 11.0. The zero-order valence-corrected chi connectivity index (χ0v) is 6.94. The lowest BCUT2D eigenvalue weighted by molar-refractivity contribution is 0.0591. The summed E-state index contributed by atoms with van der Waals surface area (Å²) in [6.07, 6.45) is 0. The molecule has 11 heavy (non-hydrogen) atoms. The molecule has 0 radical (unpaired) electrons. The van der Waals surface area contributed by atoms with Crippen molar-refractivity contribution in [1.82, 2.24) is 0 Å². The highest BCUT2D eigenvalue weighted by Crippen LogP contribution is 2.30. The highest BCUT2D eigenvalue weighted by Gasteiger charge is 2.25. The first kappa shape index (κ1) is 6.83. The Bertz CT molecular complexity index is 227. The van der Waals surface area contributed by atoms with E-state index in [1.165, 1.54) is 10.9 Å². The molecule has 0 spiro atoms. The highest BCUT2D eigenvalue weighted by atomic mass is 16.6. The first-order valence-corrected chi connectivity index (χ1v) is 3.94. The Balaban J connectivity index is 2.35. The third-order valence-corrected chi connectivity index (χ3v) is 2.09. The van der Waals surface area contributed by atoms with Crippen molar-refractivity contribution in [3.05, 3.63) is 22.5 Å². The van der Waals surface area contributed by atoms with Gasteiger partial charge in [0.1, 0.15) is 13.2 Å². The molecule has 0 aliphatic carbocycles. The number of rotatable bonds is 0. The predicted molar refractivity (Wildman–Crippen MR) is 44.5 cm³/mol. The highest BCUT2D eigenvalue weighted by molar-refractivity contribution is 6.55. The lowest BCUT2D eigenvalue weighted by Crippen LogP contribution is -2.13. The summed E-state index contributed by atoms with van der Waals surface area (Å²) in [5.74, 6) is 1.99. The van der Waals surface area contributed by atoms with E-state index >= 15 is 0 Å². The minimum absolute atomic E-state index is 0.698. The van der Waals surface area contributed by atoms with E-state index in [1.54, 1.807) is 0 Å². The van der Waals surface area contributed by atoms with Crippen molar-refractivity contribution in [3.63, 3.8) is 0 Å². The molecule has 2 aliphatic heterocycles. The molecule has 0 unspecified atom stereocenters. The number of ether oxygens (including phenoxy) is 2. The van der Waals surface area contributed by atoms with Crippen molar-refractivity contribution in [1.29, 1.82) is 0 Å². The van der Waals surface area contributed by atoms with Crippen molar-refractivity contribution < 1.29 is 9.47 Å². The molecular formula is C8H11BO2. The maximum absolute atomic E-state index is 5.48. The van der Waals surface area contributed by atoms with Gasteiger partial charge >= 0.3 is 0 Å². The molecule has 2 heterocycles. The average Bonchev–Trinajstić information content (AvgIpc) is 2.30. The molecule has 3 heteroatoms. The zero-order chi connectivity index (χ0) is 7.84. The molecule has 2 rings (SSSR count). The molecule has 0 amide bonds. The summed E-state index contributed by atoms with van der Waals surface area (Å²) in [5, 5.41) is 0. The number of hydrogen-bond acceptors (Lipinski definition) is 2. The van der Waals surface area contributed by atoms with Gasteiger partial charge in [-0.05, 0) is 13.8 Å². The van der Waals surface area contributed by atoms with Crippen LogP contribution < -0.4 is 0 Å². The van der Waals surface area contributed by atoms with Crippen LogP contribution in [-0.4, -0.2) is 20.5 Å². The average molecular weight is 150 g/mol. The summed E-state index contributed by atoms with van der Waals surface area (Å²) in [6.45, 7) is 5.59. The van der Waals surface area contributed by atoms with Crippen LogP contribution in [0.25, 0.3) is 0 Å². The van der Waals surface area contributed by atoms with Crippen LogP contribution in [0.1, 0.15) is 13.8 Å². The quantitative estimate of drug-likeness (QED) is 0.478. The Morgan fingerprint density at radius 2 is 1.45 bits per heavy atom.